The fourth-order valence-corrected chi connectivity index (χ4v) is 1.65. The van der Waals surface area contributed by atoms with Gasteiger partial charge < -0.3 is 10.8 Å². The number of halogens is 3. The minimum absolute atomic E-state index is 0. The molecule has 2 nitrogen and oxygen atoms in total. The molecule has 3 N–H and O–H groups in total. The molecule has 1 rings (SSSR count). The van der Waals surface area contributed by atoms with E-state index < -0.39 is 11.9 Å². The Kier molecular flexibility index (Phi) is 6.58. The SMILES string of the molecule is CC(C)(C)[C@@H](N)C[C@H](O)c1ccc(Cl)cc1F.Cl. The number of hydrogen-bond acceptors (Lipinski definition) is 2. The lowest BCUT2D eigenvalue weighted by Gasteiger charge is -2.29. The number of aliphatic hydroxyl groups excluding tert-OH is 1. The van der Waals surface area contributed by atoms with Crippen molar-refractivity contribution in [3.05, 3.63) is 34.6 Å². The summed E-state index contributed by atoms with van der Waals surface area (Å²) < 4.78 is 13.6. The van der Waals surface area contributed by atoms with E-state index in [9.17, 15) is 9.50 Å². The van der Waals surface area contributed by atoms with Crippen LogP contribution in [0.3, 0.4) is 0 Å². The van der Waals surface area contributed by atoms with Crippen molar-refractivity contribution >= 4 is 24.0 Å². The van der Waals surface area contributed by atoms with Gasteiger partial charge in [-0.3, -0.25) is 0 Å². The minimum Gasteiger partial charge on any atom is -0.388 e. The largest absolute Gasteiger partial charge is 0.388 e. The summed E-state index contributed by atoms with van der Waals surface area (Å²) in [5.74, 6) is -0.494. The van der Waals surface area contributed by atoms with E-state index in [1.54, 1.807) is 6.07 Å². The molecular formula is C13H20Cl2FNO. The summed E-state index contributed by atoms with van der Waals surface area (Å²) in [4.78, 5) is 0. The van der Waals surface area contributed by atoms with Crippen molar-refractivity contribution in [2.45, 2.75) is 39.3 Å². The van der Waals surface area contributed by atoms with E-state index in [0.29, 0.717) is 11.4 Å². The third-order valence-electron chi connectivity index (χ3n) is 2.91. The van der Waals surface area contributed by atoms with Crippen LogP contribution in [0.25, 0.3) is 0 Å². The average Bonchev–Trinajstić information content (AvgIpc) is 2.15. The molecule has 1 aromatic rings. The molecule has 2 atom stereocenters. The van der Waals surface area contributed by atoms with Gasteiger partial charge in [0.05, 0.1) is 6.10 Å². The van der Waals surface area contributed by atoms with Crippen LogP contribution in [0.4, 0.5) is 4.39 Å². The molecule has 1 aromatic carbocycles. The Bertz CT molecular complexity index is 393. The van der Waals surface area contributed by atoms with E-state index in [1.165, 1.54) is 12.1 Å². The van der Waals surface area contributed by atoms with E-state index in [-0.39, 0.29) is 29.4 Å². The number of aliphatic hydroxyl groups is 1. The molecule has 0 saturated carbocycles. The van der Waals surface area contributed by atoms with Crippen molar-refractivity contribution in [2.24, 2.45) is 11.1 Å². The predicted octanol–water partition coefficient (Wildman–Crippen LogP) is 3.70. The molecule has 0 bridgehead atoms. The first-order valence-corrected chi connectivity index (χ1v) is 5.98. The first kappa shape index (κ1) is 17.6. The van der Waals surface area contributed by atoms with E-state index in [0.717, 1.165) is 0 Å². The smallest absolute Gasteiger partial charge is 0.130 e. The highest BCUT2D eigenvalue weighted by Gasteiger charge is 2.25. The first-order valence-electron chi connectivity index (χ1n) is 5.60. The fraction of sp³-hybridized carbons (Fsp3) is 0.538. The highest BCUT2D eigenvalue weighted by molar-refractivity contribution is 6.30. The van der Waals surface area contributed by atoms with Gasteiger partial charge in [-0.15, -0.1) is 12.4 Å². The number of benzene rings is 1. The summed E-state index contributed by atoms with van der Waals surface area (Å²) >= 11 is 5.65. The van der Waals surface area contributed by atoms with Crippen LogP contribution >= 0.6 is 24.0 Å². The lowest BCUT2D eigenvalue weighted by atomic mass is 9.83. The first-order chi connectivity index (χ1) is 7.71. The zero-order chi connectivity index (χ0) is 13.2. The maximum absolute atomic E-state index is 13.6. The molecule has 0 unspecified atom stereocenters. The molecule has 0 heterocycles. The maximum atomic E-state index is 13.6. The summed E-state index contributed by atoms with van der Waals surface area (Å²) in [7, 11) is 0. The van der Waals surface area contributed by atoms with Gasteiger partial charge in [0.2, 0.25) is 0 Å². The molecule has 0 amide bonds. The Balaban J connectivity index is 0.00000289. The second kappa shape index (κ2) is 6.71. The zero-order valence-corrected chi connectivity index (χ0v) is 12.4. The molecule has 5 heteroatoms. The molecule has 0 aliphatic heterocycles. The normalized spacial score (nSPS) is 14.8. The van der Waals surface area contributed by atoms with Gasteiger partial charge in [-0.25, -0.2) is 4.39 Å². The van der Waals surface area contributed by atoms with Crippen LogP contribution in [-0.2, 0) is 0 Å². The van der Waals surface area contributed by atoms with Crippen molar-refractivity contribution < 1.29 is 9.50 Å². The number of nitrogens with two attached hydrogens (primary N) is 1. The van der Waals surface area contributed by atoms with E-state index in [1.807, 2.05) is 20.8 Å². The van der Waals surface area contributed by atoms with Crippen LogP contribution in [0.15, 0.2) is 18.2 Å². The second-order valence-electron chi connectivity index (χ2n) is 5.39. The molecular weight excluding hydrogens is 276 g/mol. The second-order valence-corrected chi connectivity index (χ2v) is 5.83. The lowest BCUT2D eigenvalue weighted by Crippen LogP contribution is -2.36. The van der Waals surface area contributed by atoms with Crippen molar-refractivity contribution in [2.75, 3.05) is 0 Å². The standard InChI is InChI=1S/C13H19ClFNO.ClH/c1-13(2,3)12(16)7-11(17)9-5-4-8(14)6-10(9)15;/h4-6,11-12,17H,7,16H2,1-3H3;1H/t11-,12-;/m0./s1. The van der Waals surface area contributed by atoms with Gasteiger partial charge in [-0.05, 0) is 24.0 Å². The average molecular weight is 296 g/mol. The molecule has 0 aromatic heterocycles. The van der Waals surface area contributed by atoms with Crippen molar-refractivity contribution in [1.82, 2.24) is 0 Å². The van der Waals surface area contributed by atoms with Crippen molar-refractivity contribution in [1.29, 1.82) is 0 Å². The molecule has 0 radical (unpaired) electrons. The van der Waals surface area contributed by atoms with E-state index in [4.69, 9.17) is 17.3 Å². The van der Waals surface area contributed by atoms with Crippen LogP contribution < -0.4 is 5.73 Å². The van der Waals surface area contributed by atoms with Gasteiger partial charge in [0.1, 0.15) is 5.82 Å². The maximum Gasteiger partial charge on any atom is 0.130 e. The molecule has 0 aliphatic rings. The highest BCUT2D eigenvalue weighted by atomic mass is 35.5. The van der Waals surface area contributed by atoms with Gasteiger partial charge in [0, 0.05) is 16.6 Å². The monoisotopic (exact) mass is 295 g/mol. The summed E-state index contributed by atoms with van der Waals surface area (Å²) in [5.41, 5.74) is 6.08. The number of hydrogen-bond donors (Lipinski definition) is 2. The zero-order valence-electron chi connectivity index (χ0n) is 10.8. The van der Waals surface area contributed by atoms with Crippen LogP contribution in [0.5, 0.6) is 0 Å². The molecule has 0 spiro atoms. The predicted molar refractivity (Wildman–Crippen MR) is 75.7 cm³/mol. The molecule has 18 heavy (non-hydrogen) atoms. The molecule has 0 aliphatic carbocycles. The van der Waals surface area contributed by atoms with Crippen LogP contribution in [0, 0.1) is 11.2 Å². The van der Waals surface area contributed by atoms with Gasteiger partial charge in [-0.1, -0.05) is 38.4 Å². The van der Waals surface area contributed by atoms with Crippen LogP contribution in [0.2, 0.25) is 5.02 Å². The van der Waals surface area contributed by atoms with Crippen molar-refractivity contribution in [3.63, 3.8) is 0 Å². The summed E-state index contributed by atoms with van der Waals surface area (Å²) in [6.07, 6.45) is -0.580. The molecule has 0 saturated heterocycles. The van der Waals surface area contributed by atoms with Gasteiger partial charge in [-0.2, -0.15) is 0 Å². The molecule has 104 valence electrons. The topological polar surface area (TPSA) is 46.2 Å². The van der Waals surface area contributed by atoms with E-state index >= 15 is 0 Å². The summed E-state index contributed by atoms with van der Waals surface area (Å²) in [5, 5.41) is 10.3. The van der Waals surface area contributed by atoms with Gasteiger partial charge >= 0.3 is 0 Å². The third kappa shape index (κ3) is 4.73. The van der Waals surface area contributed by atoms with Crippen molar-refractivity contribution in [3.8, 4) is 0 Å². The highest BCUT2D eigenvalue weighted by Crippen LogP contribution is 2.28. The molecule has 0 fully saturated rings. The Morgan fingerprint density at radius 2 is 1.94 bits per heavy atom. The Hall–Kier alpha value is -0.350. The van der Waals surface area contributed by atoms with Crippen LogP contribution in [0.1, 0.15) is 38.9 Å². The van der Waals surface area contributed by atoms with Crippen LogP contribution in [-0.4, -0.2) is 11.1 Å². The Morgan fingerprint density at radius 1 is 1.39 bits per heavy atom. The minimum atomic E-state index is -0.901. The van der Waals surface area contributed by atoms with Gasteiger partial charge in [0.25, 0.3) is 0 Å². The Morgan fingerprint density at radius 3 is 2.39 bits per heavy atom. The fourth-order valence-electron chi connectivity index (χ4n) is 1.49. The lowest BCUT2D eigenvalue weighted by molar-refractivity contribution is 0.130. The summed E-state index contributed by atoms with van der Waals surface area (Å²) in [6, 6.07) is 4.05. The third-order valence-corrected chi connectivity index (χ3v) is 3.15. The van der Waals surface area contributed by atoms with E-state index in [2.05, 4.69) is 0 Å². The number of rotatable bonds is 3. The summed E-state index contributed by atoms with van der Waals surface area (Å²) in [6.45, 7) is 5.97. The van der Waals surface area contributed by atoms with Gasteiger partial charge in [0.15, 0.2) is 0 Å². The quantitative estimate of drug-likeness (QED) is 0.893. The Labute approximate surface area is 119 Å².